The Kier molecular flexibility index (Phi) is 3.26. The zero-order valence-electron chi connectivity index (χ0n) is 11.0. The van der Waals surface area contributed by atoms with Crippen molar-refractivity contribution in [2.45, 2.75) is 24.9 Å². The number of rotatable bonds is 4. The minimum absolute atomic E-state index is 0.635. The van der Waals surface area contributed by atoms with Crippen LogP contribution in [0.4, 0.5) is 0 Å². The van der Waals surface area contributed by atoms with Crippen LogP contribution in [0.2, 0.25) is 0 Å². The van der Waals surface area contributed by atoms with E-state index in [2.05, 4.69) is 12.1 Å². The third kappa shape index (κ3) is 2.49. The van der Waals surface area contributed by atoms with Crippen LogP contribution >= 0.6 is 0 Å². The van der Waals surface area contributed by atoms with Crippen molar-refractivity contribution in [3.8, 4) is 5.75 Å². The summed E-state index contributed by atoms with van der Waals surface area (Å²) in [5.41, 5.74) is 3.11. The summed E-state index contributed by atoms with van der Waals surface area (Å²) in [6, 6.07) is 15.9. The number of ether oxygens (including phenoxy) is 1. The molecule has 98 valence electrons. The van der Waals surface area contributed by atoms with Crippen molar-refractivity contribution in [3.63, 3.8) is 0 Å². The fraction of sp³-hybridized carbons (Fsp3) is 0.294. The van der Waals surface area contributed by atoms with Gasteiger partial charge in [-0.1, -0.05) is 42.5 Å². The Morgan fingerprint density at radius 2 is 1.74 bits per heavy atom. The second-order valence-corrected chi connectivity index (χ2v) is 5.09. The predicted molar refractivity (Wildman–Crippen MR) is 75.5 cm³/mol. The predicted octanol–water partition coefficient (Wildman–Crippen LogP) is 3.65. The van der Waals surface area contributed by atoms with Crippen molar-refractivity contribution >= 4 is 0 Å². The molecule has 0 saturated heterocycles. The summed E-state index contributed by atoms with van der Waals surface area (Å²) in [5, 5.41) is 10.5. The van der Waals surface area contributed by atoms with Crippen LogP contribution < -0.4 is 4.74 Å². The number of hydrogen-bond donors (Lipinski definition) is 1. The van der Waals surface area contributed by atoms with E-state index in [1.807, 2.05) is 36.4 Å². The molecule has 1 fully saturated rings. The molecule has 1 aliphatic carbocycles. The molecule has 1 N–H and O–H groups in total. The van der Waals surface area contributed by atoms with Crippen molar-refractivity contribution in [1.29, 1.82) is 0 Å². The van der Waals surface area contributed by atoms with Crippen LogP contribution in [0.5, 0.6) is 5.75 Å². The van der Waals surface area contributed by atoms with Crippen LogP contribution in [-0.2, 0) is 0 Å². The summed E-state index contributed by atoms with van der Waals surface area (Å²) >= 11 is 0. The molecule has 0 radical (unpaired) electrons. The second kappa shape index (κ2) is 5.06. The molecule has 0 heterocycles. The van der Waals surface area contributed by atoms with Gasteiger partial charge in [-0.2, -0.15) is 0 Å². The van der Waals surface area contributed by atoms with E-state index in [-0.39, 0.29) is 0 Å². The highest BCUT2D eigenvalue weighted by Crippen LogP contribution is 2.40. The minimum Gasteiger partial charge on any atom is -0.496 e. The first-order valence-electron chi connectivity index (χ1n) is 6.70. The summed E-state index contributed by atoms with van der Waals surface area (Å²) < 4.78 is 5.30. The van der Waals surface area contributed by atoms with Crippen molar-refractivity contribution in [3.05, 3.63) is 65.2 Å². The van der Waals surface area contributed by atoms with Crippen LogP contribution in [0.25, 0.3) is 0 Å². The number of hydrogen-bond acceptors (Lipinski definition) is 2. The molecule has 1 atom stereocenters. The van der Waals surface area contributed by atoms with E-state index >= 15 is 0 Å². The Balaban J connectivity index is 1.87. The second-order valence-electron chi connectivity index (χ2n) is 5.09. The first-order chi connectivity index (χ1) is 9.29. The molecule has 19 heavy (non-hydrogen) atoms. The van der Waals surface area contributed by atoms with Crippen molar-refractivity contribution in [1.82, 2.24) is 0 Å². The Morgan fingerprint density at radius 3 is 2.37 bits per heavy atom. The Labute approximate surface area is 113 Å². The highest BCUT2D eigenvalue weighted by Gasteiger charge is 2.23. The molecular formula is C17H18O2. The maximum absolute atomic E-state index is 10.5. The van der Waals surface area contributed by atoms with Gasteiger partial charge in [-0.3, -0.25) is 0 Å². The SMILES string of the molecule is COc1ccccc1C(O)c1ccc(C2CC2)cc1. The molecule has 2 aromatic rings. The molecule has 1 unspecified atom stereocenters. The van der Waals surface area contributed by atoms with Crippen molar-refractivity contribution < 1.29 is 9.84 Å². The molecule has 3 rings (SSSR count). The number of aliphatic hydroxyl groups is 1. The van der Waals surface area contributed by atoms with E-state index in [1.165, 1.54) is 18.4 Å². The average Bonchev–Trinajstić information content (AvgIpc) is 3.31. The van der Waals surface area contributed by atoms with Crippen molar-refractivity contribution in [2.24, 2.45) is 0 Å². The molecule has 0 aliphatic heterocycles. The molecule has 2 nitrogen and oxygen atoms in total. The lowest BCUT2D eigenvalue weighted by Gasteiger charge is -2.15. The van der Waals surface area contributed by atoms with Crippen LogP contribution in [0.1, 0.15) is 41.6 Å². The monoisotopic (exact) mass is 254 g/mol. The Morgan fingerprint density at radius 1 is 1.05 bits per heavy atom. The van der Waals surface area contributed by atoms with Gasteiger partial charge in [0.2, 0.25) is 0 Å². The fourth-order valence-corrected chi connectivity index (χ4v) is 2.44. The van der Waals surface area contributed by atoms with Crippen LogP contribution in [0.15, 0.2) is 48.5 Å². The molecule has 1 aliphatic rings. The first kappa shape index (κ1) is 12.2. The number of benzene rings is 2. The van der Waals surface area contributed by atoms with E-state index in [0.29, 0.717) is 0 Å². The smallest absolute Gasteiger partial charge is 0.125 e. The number of para-hydroxylation sites is 1. The van der Waals surface area contributed by atoms with Gasteiger partial charge in [0.1, 0.15) is 11.9 Å². The zero-order valence-corrected chi connectivity index (χ0v) is 11.0. The van der Waals surface area contributed by atoms with E-state index in [4.69, 9.17) is 4.74 Å². The van der Waals surface area contributed by atoms with E-state index in [9.17, 15) is 5.11 Å². The quantitative estimate of drug-likeness (QED) is 0.902. The van der Waals surface area contributed by atoms with Crippen LogP contribution in [0.3, 0.4) is 0 Å². The first-order valence-corrected chi connectivity index (χ1v) is 6.70. The van der Waals surface area contributed by atoms with Gasteiger partial charge >= 0.3 is 0 Å². The molecule has 2 aromatic carbocycles. The largest absolute Gasteiger partial charge is 0.496 e. The number of aliphatic hydroxyl groups excluding tert-OH is 1. The normalized spacial score (nSPS) is 16.1. The fourth-order valence-electron chi connectivity index (χ4n) is 2.44. The third-order valence-electron chi connectivity index (χ3n) is 3.73. The zero-order chi connectivity index (χ0) is 13.2. The third-order valence-corrected chi connectivity index (χ3v) is 3.73. The molecule has 0 bridgehead atoms. The van der Waals surface area contributed by atoms with E-state index in [1.54, 1.807) is 7.11 Å². The Hall–Kier alpha value is -1.80. The number of methoxy groups -OCH3 is 1. The molecule has 2 heteroatoms. The summed E-state index contributed by atoms with van der Waals surface area (Å²) in [6.07, 6.45) is 1.97. The standard InChI is InChI=1S/C17H18O2/c1-19-16-5-3-2-4-15(16)17(18)14-10-8-13(9-11-14)12-6-7-12/h2-5,8-12,17-18H,6-7H2,1H3. The van der Waals surface area contributed by atoms with Gasteiger partial charge in [-0.25, -0.2) is 0 Å². The van der Waals surface area contributed by atoms with Gasteiger partial charge < -0.3 is 9.84 Å². The minimum atomic E-state index is -0.635. The van der Waals surface area contributed by atoms with Gasteiger partial charge in [0.05, 0.1) is 7.11 Å². The van der Waals surface area contributed by atoms with Gasteiger partial charge in [-0.05, 0) is 36.0 Å². The Bertz CT molecular complexity index is 556. The lowest BCUT2D eigenvalue weighted by molar-refractivity contribution is 0.214. The maximum Gasteiger partial charge on any atom is 0.125 e. The summed E-state index contributed by atoms with van der Waals surface area (Å²) in [4.78, 5) is 0. The highest BCUT2D eigenvalue weighted by atomic mass is 16.5. The van der Waals surface area contributed by atoms with E-state index < -0.39 is 6.10 Å². The molecule has 0 amide bonds. The molecule has 0 spiro atoms. The summed E-state index contributed by atoms with van der Waals surface area (Å²) in [6.45, 7) is 0. The van der Waals surface area contributed by atoms with E-state index in [0.717, 1.165) is 22.8 Å². The van der Waals surface area contributed by atoms with Gasteiger partial charge in [0.25, 0.3) is 0 Å². The average molecular weight is 254 g/mol. The maximum atomic E-state index is 10.5. The van der Waals surface area contributed by atoms with Gasteiger partial charge in [0, 0.05) is 5.56 Å². The lowest BCUT2D eigenvalue weighted by Crippen LogP contribution is -2.02. The molecular weight excluding hydrogens is 236 g/mol. The van der Waals surface area contributed by atoms with Crippen molar-refractivity contribution in [2.75, 3.05) is 7.11 Å². The van der Waals surface area contributed by atoms with Crippen LogP contribution in [-0.4, -0.2) is 12.2 Å². The highest BCUT2D eigenvalue weighted by molar-refractivity contribution is 5.41. The summed E-state index contributed by atoms with van der Waals surface area (Å²) in [7, 11) is 1.63. The van der Waals surface area contributed by atoms with Gasteiger partial charge in [0.15, 0.2) is 0 Å². The molecule has 0 aromatic heterocycles. The lowest BCUT2D eigenvalue weighted by atomic mass is 9.99. The topological polar surface area (TPSA) is 29.5 Å². The van der Waals surface area contributed by atoms with Crippen LogP contribution in [0, 0.1) is 0 Å². The van der Waals surface area contributed by atoms with Gasteiger partial charge in [-0.15, -0.1) is 0 Å². The molecule has 1 saturated carbocycles. The summed E-state index contributed by atoms with van der Waals surface area (Å²) in [5.74, 6) is 1.47.